The molecule has 2 aromatic heterocycles. The summed E-state index contributed by atoms with van der Waals surface area (Å²) >= 11 is 1.33. The van der Waals surface area contributed by atoms with Gasteiger partial charge in [-0.2, -0.15) is 0 Å². The summed E-state index contributed by atoms with van der Waals surface area (Å²) in [5.74, 6) is 0.981. The molecule has 2 heterocycles. The molecule has 2 aromatic rings. The lowest BCUT2D eigenvalue weighted by atomic mass is 10.3. The Bertz CT molecular complexity index is 635. The number of thiazole rings is 1. The van der Waals surface area contributed by atoms with Gasteiger partial charge in [-0.25, -0.2) is 4.98 Å². The predicted octanol–water partition coefficient (Wildman–Crippen LogP) is 1.20. The van der Waals surface area contributed by atoms with Gasteiger partial charge in [0.2, 0.25) is 11.8 Å². The number of nitrogens with one attached hydrogen (secondary N) is 3. The number of likely N-dealkylation sites (N-methyl/N-ethyl adjacent to an activating group) is 1. The predicted molar refractivity (Wildman–Crippen MR) is 79.9 cm³/mol. The van der Waals surface area contributed by atoms with Gasteiger partial charge in [-0.3, -0.25) is 9.59 Å². The number of amides is 2. The standard InChI is InChI=1S/C13H16N4O3S/c1-8(18)15-5-9-3-4-11(20-9)10-7-21-13(16-10)17-12(19)6-14-2/h3-4,7,14H,5-6H2,1-2H3,(H,15,18)(H,16,17,19). The van der Waals surface area contributed by atoms with Crippen LogP contribution in [0, 0.1) is 0 Å². The Morgan fingerprint density at radius 3 is 2.90 bits per heavy atom. The summed E-state index contributed by atoms with van der Waals surface area (Å²) in [5.41, 5.74) is 0.647. The molecule has 0 aliphatic rings. The maximum absolute atomic E-state index is 11.4. The maximum atomic E-state index is 11.4. The van der Waals surface area contributed by atoms with Gasteiger partial charge in [0.25, 0.3) is 0 Å². The number of nitrogens with zero attached hydrogens (tertiary/aromatic N) is 1. The molecule has 0 spiro atoms. The lowest BCUT2D eigenvalue weighted by Gasteiger charge is -1.99. The van der Waals surface area contributed by atoms with Crippen LogP contribution in [-0.2, 0) is 16.1 Å². The van der Waals surface area contributed by atoms with Gasteiger partial charge in [-0.05, 0) is 19.2 Å². The Kier molecular flexibility index (Phi) is 5.07. The van der Waals surface area contributed by atoms with Crippen molar-refractivity contribution in [3.63, 3.8) is 0 Å². The van der Waals surface area contributed by atoms with Gasteiger partial charge in [-0.15, -0.1) is 11.3 Å². The number of carbonyl (C=O) groups is 2. The fourth-order valence-electron chi connectivity index (χ4n) is 1.59. The molecule has 0 aromatic carbocycles. The quantitative estimate of drug-likeness (QED) is 0.745. The van der Waals surface area contributed by atoms with Crippen molar-refractivity contribution < 1.29 is 14.0 Å². The van der Waals surface area contributed by atoms with Crippen molar-refractivity contribution in [1.29, 1.82) is 0 Å². The Morgan fingerprint density at radius 2 is 2.19 bits per heavy atom. The van der Waals surface area contributed by atoms with Crippen molar-refractivity contribution in [2.45, 2.75) is 13.5 Å². The number of furan rings is 1. The summed E-state index contributed by atoms with van der Waals surface area (Å²) < 4.78 is 5.59. The van der Waals surface area contributed by atoms with Crippen LogP contribution >= 0.6 is 11.3 Å². The second kappa shape index (κ2) is 7.00. The van der Waals surface area contributed by atoms with Gasteiger partial charge in [0.1, 0.15) is 11.5 Å². The molecule has 112 valence electrons. The van der Waals surface area contributed by atoms with Crippen LogP contribution in [0.1, 0.15) is 12.7 Å². The van der Waals surface area contributed by atoms with Crippen LogP contribution in [-0.4, -0.2) is 30.4 Å². The third kappa shape index (κ3) is 4.40. The molecule has 7 nitrogen and oxygen atoms in total. The molecule has 0 fully saturated rings. The fourth-order valence-corrected chi connectivity index (χ4v) is 2.31. The molecule has 0 unspecified atom stereocenters. The smallest absolute Gasteiger partial charge is 0.240 e. The van der Waals surface area contributed by atoms with Gasteiger partial charge in [0, 0.05) is 12.3 Å². The van der Waals surface area contributed by atoms with Crippen LogP contribution in [0.3, 0.4) is 0 Å². The fraction of sp³-hybridized carbons (Fsp3) is 0.308. The molecule has 2 rings (SSSR count). The molecule has 0 saturated heterocycles. The van der Waals surface area contributed by atoms with E-state index in [9.17, 15) is 9.59 Å². The lowest BCUT2D eigenvalue weighted by Crippen LogP contribution is -2.24. The van der Waals surface area contributed by atoms with E-state index in [1.54, 1.807) is 24.6 Å². The normalized spacial score (nSPS) is 10.4. The van der Waals surface area contributed by atoms with E-state index in [1.807, 2.05) is 0 Å². The average molecular weight is 308 g/mol. The first kappa shape index (κ1) is 15.2. The van der Waals surface area contributed by atoms with E-state index in [1.165, 1.54) is 18.3 Å². The minimum atomic E-state index is -0.149. The first-order valence-electron chi connectivity index (χ1n) is 6.32. The van der Waals surface area contributed by atoms with Crippen LogP contribution in [0.25, 0.3) is 11.5 Å². The molecular weight excluding hydrogens is 292 g/mol. The van der Waals surface area contributed by atoms with Crippen LogP contribution < -0.4 is 16.0 Å². The van der Waals surface area contributed by atoms with Gasteiger partial charge >= 0.3 is 0 Å². The van der Waals surface area contributed by atoms with Crippen molar-refractivity contribution >= 4 is 28.3 Å². The van der Waals surface area contributed by atoms with E-state index in [2.05, 4.69) is 20.9 Å². The first-order chi connectivity index (χ1) is 10.1. The maximum Gasteiger partial charge on any atom is 0.240 e. The third-order valence-electron chi connectivity index (χ3n) is 2.51. The summed E-state index contributed by atoms with van der Waals surface area (Å²) in [6.45, 7) is 2.02. The molecule has 3 N–H and O–H groups in total. The molecule has 8 heteroatoms. The van der Waals surface area contributed by atoms with E-state index in [4.69, 9.17) is 4.42 Å². The van der Waals surface area contributed by atoms with Crippen molar-refractivity contribution in [3.8, 4) is 11.5 Å². The number of hydrogen-bond donors (Lipinski definition) is 3. The van der Waals surface area contributed by atoms with E-state index in [0.29, 0.717) is 28.9 Å². The molecular formula is C13H16N4O3S. The summed E-state index contributed by atoms with van der Waals surface area (Å²) in [6.07, 6.45) is 0. The van der Waals surface area contributed by atoms with Gasteiger partial charge in [0.05, 0.1) is 13.1 Å². The second-order valence-corrected chi connectivity index (χ2v) is 5.15. The van der Waals surface area contributed by atoms with E-state index in [-0.39, 0.29) is 18.4 Å². The summed E-state index contributed by atoms with van der Waals surface area (Å²) in [7, 11) is 1.70. The monoisotopic (exact) mass is 308 g/mol. The summed E-state index contributed by atoms with van der Waals surface area (Å²) in [5, 5.41) is 10.4. The molecule has 21 heavy (non-hydrogen) atoms. The van der Waals surface area contributed by atoms with Crippen LogP contribution in [0.5, 0.6) is 0 Å². The van der Waals surface area contributed by atoms with Gasteiger partial charge in [-0.1, -0.05) is 0 Å². The molecule has 0 saturated carbocycles. The molecule has 0 aliphatic heterocycles. The highest BCUT2D eigenvalue weighted by atomic mass is 32.1. The van der Waals surface area contributed by atoms with E-state index >= 15 is 0 Å². The molecule has 0 aliphatic carbocycles. The number of carbonyl (C=O) groups excluding carboxylic acids is 2. The summed E-state index contributed by atoms with van der Waals surface area (Å²) in [6, 6.07) is 3.56. The zero-order valence-electron chi connectivity index (χ0n) is 11.7. The van der Waals surface area contributed by atoms with Crippen LogP contribution in [0.2, 0.25) is 0 Å². The third-order valence-corrected chi connectivity index (χ3v) is 3.27. The van der Waals surface area contributed by atoms with Crippen molar-refractivity contribution in [2.24, 2.45) is 0 Å². The van der Waals surface area contributed by atoms with E-state index in [0.717, 1.165) is 0 Å². The Hall–Kier alpha value is -2.19. The number of rotatable bonds is 6. The zero-order valence-corrected chi connectivity index (χ0v) is 12.5. The van der Waals surface area contributed by atoms with Gasteiger partial charge in [0.15, 0.2) is 10.9 Å². The minimum absolute atomic E-state index is 0.115. The van der Waals surface area contributed by atoms with Crippen LogP contribution in [0.15, 0.2) is 21.9 Å². The topological polar surface area (TPSA) is 96.3 Å². The zero-order chi connectivity index (χ0) is 15.2. The number of aromatic nitrogens is 1. The van der Waals surface area contributed by atoms with Crippen molar-refractivity contribution in [2.75, 3.05) is 18.9 Å². The first-order valence-corrected chi connectivity index (χ1v) is 7.20. The molecule has 2 amide bonds. The van der Waals surface area contributed by atoms with Crippen LogP contribution in [0.4, 0.5) is 5.13 Å². The Labute approximate surface area is 125 Å². The van der Waals surface area contributed by atoms with Crippen molar-refractivity contribution in [3.05, 3.63) is 23.3 Å². The summed E-state index contributed by atoms with van der Waals surface area (Å²) in [4.78, 5) is 26.6. The average Bonchev–Trinajstić information content (AvgIpc) is 3.05. The molecule has 0 bridgehead atoms. The Morgan fingerprint density at radius 1 is 1.38 bits per heavy atom. The SMILES string of the molecule is CNCC(=O)Nc1nc(-c2ccc(CNC(C)=O)o2)cs1. The highest BCUT2D eigenvalue weighted by Crippen LogP contribution is 2.26. The van der Waals surface area contributed by atoms with E-state index < -0.39 is 0 Å². The van der Waals surface area contributed by atoms with Crippen molar-refractivity contribution in [1.82, 2.24) is 15.6 Å². The number of anilines is 1. The number of hydrogen-bond acceptors (Lipinski definition) is 6. The van der Waals surface area contributed by atoms with Gasteiger partial charge < -0.3 is 20.4 Å². The molecule has 0 atom stereocenters. The second-order valence-electron chi connectivity index (χ2n) is 4.29. The largest absolute Gasteiger partial charge is 0.458 e. The Balaban J connectivity index is 2.00. The lowest BCUT2D eigenvalue weighted by molar-refractivity contribution is -0.119. The highest BCUT2D eigenvalue weighted by molar-refractivity contribution is 7.14. The molecule has 0 radical (unpaired) electrons. The minimum Gasteiger partial charge on any atom is -0.458 e. The highest BCUT2D eigenvalue weighted by Gasteiger charge is 2.11.